The Morgan fingerprint density at radius 2 is 2.07 bits per heavy atom. The van der Waals surface area contributed by atoms with Crippen molar-refractivity contribution in [2.45, 2.75) is 13.0 Å². The third-order valence-corrected chi connectivity index (χ3v) is 7.90. The first-order valence-electron chi connectivity index (χ1n) is 14.7. The summed E-state index contributed by atoms with van der Waals surface area (Å²) >= 11 is 0. The van der Waals surface area contributed by atoms with E-state index in [4.69, 9.17) is 14.5 Å². The summed E-state index contributed by atoms with van der Waals surface area (Å²) in [5.41, 5.74) is 2.72. The van der Waals surface area contributed by atoms with Gasteiger partial charge in [0.05, 0.1) is 17.2 Å². The van der Waals surface area contributed by atoms with Gasteiger partial charge in [0.25, 0.3) is 0 Å². The Kier molecular flexibility index (Phi) is 7.37. The summed E-state index contributed by atoms with van der Waals surface area (Å²) in [7, 11) is 3.92. The maximum Gasteiger partial charge on any atom is 0.246 e. The molecular weight excluding hydrogens is 577 g/mol. The minimum absolute atomic E-state index is 0.0284. The van der Waals surface area contributed by atoms with Gasteiger partial charge in [0.1, 0.15) is 41.4 Å². The molecule has 0 radical (unpaired) electrons. The number of halogens is 1. The molecule has 230 valence electrons. The van der Waals surface area contributed by atoms with Crippen molar-refractivity contribution in [2.75, 3.05) is 57.1 Å². The molecular formula is C32H32FN9O3. The average molecular weight is 610 g/mol. The third-order valence-electron chi connectivity index (χ3n) is 7.90. The Morgan fingerprint density at radius 1 is 1.18 bits per heavy atom. The minimum atomic E-state index is -0.509. The summed E-state index contributed by atoms with van der Waals surface area (Å²) in [5.74, 6) is 2.00. The van der Waals surface area contributed by atoms with E-state index in [1.165, 1.54) is 12.4 Å². The molecule has 2 aliphatic heterocycles. The maximum absolute atomic E-state index is 15.4. The predicted octanol–water partition coefficient (Wildman–Crippen LogP) is 4.18. The minimum Gasteiger partial charge on any atom is -0.487 e. The van der Waals surface area contributed by atoms with Crippen LogP contribution in [0.5, 0.6) is 17.2 Å². The molecule has 45 heavy (non-hydrogen) atoms. The lowest BCUT2D eigenvalue weighted by Gasteiger charge is -2.39. The molecule has 1 unspecified atom stereocenters. The van der Waals surface area contributed by atoms with E-state index >= 15 is 4.39 Å². The summed E-state index contributed by atoms with van der Waals surface area (Å²) in [6, 6.07) is 8.30. The molecule has 1 aromatic carbocycles. The molecule has 1 atom stereocenters. The molecule has 1 fully saturated rings. The van der Waals surface area contributed by atoms with Crippen LogP contribution in [-0.4, -0.2) is 93.0 Å². The number of amides is 1. The van der Waals surface area contributed by atoms with Gasteiger partial charge in [-0.25, -0.2) is 24.3 Å². The topological polar surface area (TPSA) is 113 Å². The number of carbonyl (C=O) groups excluding carboxylic acids is 1. The highest BCUT2D eigenvalue weighted by molar-refractivity contribution is 5.91. The standard InChI is InChI=1S/C32H32FN9O3/c1-20-13-24(23(33)15-26(20)45-22-6-9-40-10-7-34-28(40)14-22)37-31-30-25(35-19-36-31)16-27-32(38-30)41-11-12-42(21(17-41)18-44-27)29(43)5-4-8-39(2)3/h4-7,9-10,13-16,19,21H,8,11-12,17-18H2,1-3H3,(H,35,36,37)/b5-4+. The van der Waals surface area contributed by atoms with E-state index in [0.717, 1.165) is 11.2 Å². The van der Waals surface area contributed by atoms with Crippen molar-refractivity contribution in [3.8, 4) is 17.2 Å². The number of pyridine rings is 2. The number of nitrogens with one attached hydrogen (secondary N) is 1. The van der Waals surface area contributed by atoms with Gasteiger partial charge >= 0.3 is 0 Å². The Morgan fingerprint density at radius 3 is 2.93 bits per heavy atom. The van der Waals surface area contributed by atoms with Crippen molar-refractivity contribution < 1.29 is 18.7 Å². The van der Waals surface area contributed by atoms with Crippen molar-refractivity contribution in [1.82, 2.24) is 34.1 Å². The van der Waals surface area contributed by atoms with E-state index in [9.17, 15) is 4.79 Å². The number of nitrogens with zero attached hydrogens (tertiary/aromatic N) is 8. The molecule has 12 nitrogen and oxygen atoms in total. The lowest BCUT2D eigenvalue weighted by Crippen LogP contribution is -2.56. The van der Waals surface area contributed by atoms with Crippen LogP contribution < -0.4 is 19.7 Å². The van der Waals surface area contributed by atoms with Crippen LogP contribution in [0.2, 0.25) is 0 Å². The number of aryl methyl sites for hydroxylation is 1. The van der Waals surface area contributed by atoms with Crippen LogP contribution in [0.25, 0.3) is 16.7 Å². The molecule has 0 spiro atoms. The highest BCUT2D eigenvalue weighted by atomic mass is 19.1. The molecule has 2 aliphatic rings. The number of piperazine rings is 1. The number of fused-ring (bicyclic) bond motifs is 6. The van der Waals surface area contributed by atoms with Crippen LogP contribution in [0.3, 0.4) is 0 Å². The summed E-state index contributed by atoms with van der Waals surface area (Å²) in [4.78, 5) is 36.9. The average Bonchev–Trinajstić information content (AvgIpc) is 3.45. The van der Waals surface area contributed by atoms with Crippen LogP contribution in [0.4, 0.5) is 21.7 Å². The lowest BCUT2D eigenvalue weighted by molar-refractivity contribution is -0.129. The second-order valence-electron chi connectivity index (χ2n) is 11.4. The van der Waals surface area contributed by atoms with Gasteiger partial charge in [-0.1, -0.05) is 6.08 Å². The molecule has 4 aromatic heterocycles. The molecule has 7 rings (SSSR count). The van der Waals surface area contributed by atoms with Crippen LogP contribution in [-0.2, 0) is 4.79 Å². The van der Waals surface area contributed by atoms with E-state index in [1.54, 1.807) is 30.5 Å². The predicted molar refractivity (Wildman–Crippen MR) is 168 cm³/mol. The van der Waals surface area contributed by atoms with Gasteiger partial charge in [0, 0.05) is 69.0 Å². The normalized spacial score (nSPS) is 16.2. The second-order valence-corrected chi connectivity index (χ2v) is 11.4. The zero-order valence-corrected chi connectivity index (χ0v) is 25.1. The Balaban J connectivity index is 1.12. The van der Waals surface area contributed by atoms with Gasteiger partial charge in [-0.15, -0.1) is 0 Å². The van der Waals surface area contributed by atoms with Crippen LogP contribution in [0.15, 0.2) is 67.4 Å². The molecule has 5 aromatic rings. The summed E-state index contributed by atoms with van der Waals surface area (Å²) < 4.78 is 29.5. The van der Waals surface area contributed by atoms with Crippen molar-refractivity contribution >= 4 is 39.9 Å². The summed E-state index contributed by atoms with van der Waals surface area (Å²) in [6.07, 6.45) is 10.3. The van der Waals surface area contributed by atoms with E-state index in [0.29, 0.717) is 72.7 Å². The van der Waals surface area contributed by atoms with Gasteiger partial charge in [0.2, 0.25) is 5.91 Å². The molecule has 1 saturated heterocycles. The molecule has 1 N–H and O–H groups in total. The summed E-state index contributed by atoms with van der Waals surface area (Å²) in [5, 5.41) is 3.11. The number of imidazole rings is 1. The number of rotatable bonds is 7. The first kappa shape index (κ1) is 28.5. The van der Waals surface area contributed by atoms with E-state index in [1.807, 2.05) is 59.8 Å². The molecule has 0 saturated carbocycles. The molecule has 2 bridgehead atoms. The van der Waals surface area contributed by atoms with Crippen molar-refractivity contribution in [3.63, 3.8) is 0 Å². The van der Waals surface area contributed by atoms with E-state index < -0.39 is 5.82 Å². The molecule has 0 aliphatic carbocycles. The van der Waals surface area contributed by atoms with Gasteiger partial charge < -0.3 is 33.9 Å². The van der Waals surface area contributed by atoms with Gasteiger partial charge in [0.15, 0.2) is 17.4 Å². The second kappa shape index (κ2) is 11.7. The first-order chi connectivity index (χ1) is 21.8. The molecule has 1 amide bonds. The van der Waals surface area contributed by atoms with Crippen LogP contribution in [0.1, 0.15) is 5.56 Å². The number of carbonyl (C=O) groups is 1. The number of aromatic nitrogens is 5. The highest BCUT2D eigenvalue weighted by Crippen LogP contribution is 2.37. The number of likely N-dealkylation sites (N-methyl/N-ethyl adjacent to an activating group) is 1. The highest BCUT2D eigenvalue weighted by Gasteiger charge is 2.35. The number of anilines is 3. The SMILES string of the molecule is Cc1cc(Nc2ncnc3cc4c(nc23)N2CCN(C(=O)/C=C/CN(C)C)C(CO4)C2)c(F)cc1Oc1ccn2ccnc2c1. The van der Waals surface area contributed by atoms with Crippen molar-refractivity contribution in [3.05, 3.63) is 78.8 Å². The zero-order chi connectivity index (χ0) is 31.1. The Bertz CT molecular complexity index is 1940. The van der Waals surface area contributed by atoms with E-state index in [-0.39, 0.29) is 17.6 Å². The van der Waals surface area contributed by atoms with Crippen molar-refractivity contribution in [1.29, 1.82) is 0 Å². The first-order valence-corrected chi connectivity index (χ1v) is 14.7. The van der Waals surface area contributed by atoms with Gasteiger partial charge in [-0.05, 0) is 38.7 Å². The van der Waals surface area contributed by atoms with Crippen LogP contribution in [0, 0.1) is 12.7 Å². The largest absolute Gasteiger partial charge is 0.487 e. The van der Waals surface area contributed by atoms with Gasteiger partial charge in [-0.2, -0.15) is 0 Å². The smallest absolute Gasteiger partial charge is 0.246 e. The molecule has 6 heterocycles. The summed E-state index contributed by atoms with van der Waals surface area (Å²) in [6.45, 7) is 4.60. The lowest BCUT2D eigenvalue weighted by atomic mass is 10.1. The zero-order valence-electron chi connectivity index (χ0n) is 25.1. The maximum atomic E-state index is 15.4. The monoisotopic (exact) mass is 609 g/mol. The van der Waals surface area contributed by atoms with Gasteiger partial charge in [-0.3, -0.25) is 4.79 Å². The van der Waals surface area contributed by atoms with E-state index in [2.05, 4.69) is 25.2 Å². The fourth-order valence-corrected chi connectivity index (χ4v) is 5.59. The number of hydrogen-bond acceptors (Lipinski definition) is 10. The quantitative estimate of drug-likeness (QED) is 0.270. The third kappa shape index (κ3) is 5.69. The number of ether oxygens (including phenoxy) is 2. The Hall–Kier alpha value is -5.30. The molecule has 13 heteroatoms. The van der Waals surface area contributed by atoms with Crippen LogP contribution >= 0.6 is 0 Å². The number of benzene rings is 1. The fourth-order valence-electron chi connectivity index (χ4n) is 5.59. The Labute approximate surface area is 258 Å². The number of hydrogen-bond donors (Lipinski definition) is 1. The van der Waals surface area contributed by atoms with Crippen molar-refractivity contribution in [2.24, 2.45) is 0 Å². The fraction of sp³-hybridized carbons (Fsp3) is 0.281.